The molecule has 3 aliphatic heterocycles. The zero-order valence-electron chi connectivity index (χ0n) is 20.5. The molecule has 190 valence electrons. The molecule has 1 N–H and O–H groups in total. The maximum Gasteiger partial charge on any atom is 0.269 e. The Balaban J connectivity index is 1.32. The topological polar surface area (TPSA) is 99.0 Å². The average Bonchev–Trinajstić information content (AvgIpc) is 3.44. The van der Waals surface area contributed by atoms with Gasteiger partial charge in [-0.25, -0.2) is 0 Å². The van der Waals surface area contributed by atoms with Gasteiger partial charge in [-0.1, -0.05) is 30.3 Å². The summed E-state index contributed by atoms with van der Waals surface area (Å²) in [6.45, 7) is 4.59. The lowest BCUT2D eigenvalue weighted by Crippen LogP contribution is -2.62. The maximum absolute atomic E-state index is 13.4. The van der Waals surface area contributed by atoms with Gasteiger partial charge in [0.25, 0.3) is 5.69 Å². The van der Waals surface area contributed by atoms with Crippen molar-refractivity contribution in [3.63, 3.8) is 0 Å². The second kappa shape index (κ2) is 10.7. The quantitative estimate of drug-likeness (QED) is 0.471. The lowest BCUT2D eigenvalue weighted by atomic mass is 9.83. The first-order valence-corrected chi connectivity index (χ1v) is 12.9. The Labute approximate surface area is 211 Å². The molecule has 3 aliphatic rings. The van der Waals surface area contributed by atoms with Crippen molar-refractivity contribution < 1.29 is 14.5 Å². The van der Waals surface area contributed by atoms with Crippen molar-refractivity contribution in [2.24, 2.45) is 5.92 Å². The summed E-state index contributed by atoms with van der Waals surface area (Å²) in [4.78, 5) is 43.6. The number of nitro benzene ring substituents is 1. The monoisotopic (exact) mass is 491 g/mol. The zero-order chi connectivity index (χ0) is 25.1. The van der Waals surface area contributed by atoms with E-state index in [1.165, 1.54) is 0 Å². The third-order valence-corrected chi connectivity index (χ3v) is 7.70. The molecule has 0 bridgehead atoms. The van der Waals surface area contributed by atoms with Gasteiger partial charge >= 0.3 is 0 Å². The van der Waals surface area contributed by atoms with Crippen LogP contribution >= 0.6 is 0 Å². The smallest absolute Gasteiger partial charge is 0.269 e. The summed E-state index contributed by atoms with van der Waals surface area (Å²) in [5, 5.41) is 14.5. The summed E-state index contributed by atoms with van der Waals surface area (Å²) in [5.74, 6) is -0.220. The number of hydrogen-bond acceptors (Lipinski definition) is 6. The molecule has 2 fully saturated rings. The van der Waals surface area contributed by atoms with Gasteiger partial charge < -0.3 is 15.1 Å². The molecule has 36 heavy (non-hydrogen) atoms. The van der Waals surface area contributed by atoms with Crippen molar-refractivity contribution in [2.45, 2.75) is 31.7 Å². The molecule has 0 saturated carbocycles. The highest BCUT2D eigenvalue weighted by Gasteiger charge is 2.42. The van der Waals surface area contributed by atoms with Crippen LogP contribution in [0.25, 0.3) is 0 Å². The summed E-state index contributed by atoms with van der Waals surface area (Å²) in [6, 6.07) is 14.9. The normalized spacial score (nSPS) is 21.6. The Morgan fingerprint density at radius 3 is 2.56 bits per heavy atom. The summed E-state index contributed by atoms with van der Waals surface area (Å²) in [7, 11) is 0. The molecule has 3 heterocycles. The summed E-state index contributed by atoms with van der Waals surface area (Å²) in [5.41, 5.74) is 3.01. The van der Waals surface area contributed by atoms with E-state index in [0.717, 1.165) is 55.7 Å². The predicted octanol–water partition coefficient (Wildman–Crippen LogP) is 2.24. The van der Waals surface area contributed by atoms with E-state index in [1.807, 2.05) is 41.3 Å². The molecule has 5 rings (SSSR count). The van der Waals surface area contributed by atoms with Crippen molar-refractivity contribution >= 4 is 23.2 Å². The van der Waals surface area contributed by atoms with Crippen LogP contribution in [0.15, 0.2) is 48.5 Å². The fraction of sp³-hybridized carbons (Fsp3) is 0.481. The van der Waals surface area contributed by atoms with E-state index >= 15 is 0 Å². The number of non-ortho nitro benzene ring substituents is 1. The average molecular weight is 492 g/mol. The molecule has 0 aromatic heterocycles. The second-order valence-electron chi connectivity index (χ2n) is 9.99. The number of benzene rings is 2. The molecule has 2 atom stereocenters. The van der Waals surface area contributed by atoms with Crippen LogP contribution in [0.1, 0.15) is 24.0 Å². The van der Waals surface area contributed by atoms with Crippen molar-refractivity contribution in [1.82, 2.24) is 15.1 Å². The van der Waals surface area contributed by atoms with Crippen LogP contribution in [-0.2, 0) is 22.4 Å². The van der Waals surface area contributed by atoms with Crippen LogP contribution in [0.5, 0.6) is 0 Å². The predicted molar refractivity (Wildman–Crippen MR) is 137 cm³/mol. The van der Waals surface area contributed by atoms with Crippen molar-refractivity contribution in [1.29, 1.82) is 0 Å². The van der Waals surface area contributed by atoms with Gasteiger partial charge in [-0.2, -0.15) is 0 Å². The fourth-order valence-electron chi connectivity index (χ4n) is 5.79. The van der Waals surface area contributed by atoms with Gasteiger partial charge in [0, 0.05) is 57.1 Å². The van der Waals surface area contributed by atoms with Crippen LogP contribution in [-0.4, -0.2) is 78.4 Å². The highest BCUT2D eigenvalue weighted by atomic mass is 16.6. The fourth-order valence-corrected chi connectivity index (χ4v) is 5.79. The Bertz CT molecular complexity index is 1120. The Morgan fingerprint density at radius 2 is 1.81 bits per heavy atom. The van der Waals surface area contributed by atoms with E-state index in [1.54, 1.807) is 12.1 Å². The number of amides is 2. The van der Waals surface area contributed by atoms with E-state index in [-0.39, 0.29) is 34.4 Å². The lowest BCUT2D eigenvalue weighted by molar-refractivity contribution is -0.384. The van der Waals surface area contributed by atoms with Crippen molar-refractivity contribution in [2.75, 3.05) is 50.7 Å². The SMILES string of the molecule is O=C(NCCc1ccccc1)[C@H]1Cc2cc([N+](=O)[O-])ccc2N2CCN(CC(=O)N3CCCC3)C[C@@H]12. The number of carbonyl (C=O) groups is 2. The third-order valence-electron chi connectivity index (χ3n) is 7.70. The molecular formula is C27H33N5O4. The molecule has 0 radical (unpaired) electrons. The van der Waals surface area contributed by atoms with E-state index in [9.17, 15) is 19.7 Å². The molecular weight excluding hydrogens is 458 g/mol. The first kappa shape index (κ1) is 24.2. The van der Waals surface area contributed by atoms with Gasteiger partial charge in [0.1, 0.15) is 0 Å². The minimum absolute atomic E-state index is 0.0363. The Kier molecular flexibility index (Phi) is 7.18. The van der Waals surface area contributed by atoms with E-state index < -0.39 is 0 Å². The van der Waals surface area contributed by atoms with E-state index in [2.05, 4.69) is 15.1 Å². The van der Waals surface area contributed by atoms with Gasteiger partial charge in [0.2, 0.25) is 11.8 Å². The number of nitrogens with one attached hydrogen (secondary N) is 1. The first-order valence-electron chi connectivity index (χ1n) is 12.9. The third kappa shape index (κ3) is 5.21. The highest BCUT2D eigenvalue weighted by molar-refractivity contribution is 5.82. The maximum atomic E-state index is 13.4. The van der Waals surface area contributed by atoms with Crippen LogP contribution in [0.3, 0.4) is 0 Å². The molecule has 0 spiro atoms. The largest absolute Gasteiger partial charge is 0.365 e. The minimum atomic E-state index is -0.386. The van der Waals surface area contributed by atoms with Crippen LogP contribution in [0, 0.1) is 16.0 Å². The molecule has 2 aromatic rings. The van der Waals surface area contributed by atoms with Gasteiger partial charge in [-0.3, -0.25) is 24.6 Å². The number of anilines is 1. The van der Waals surface area contributed by atoms with E-state index in [0.29, 0.717) is 32.6 Å². The molecule has 0 aliphatic carbocycles. The second-order valence-corrected chi connectivity index (χ2v) is 9.99. The standard InChI is InChI=1S/C27H33N5O4/c33-26(30-12-4-5-13-30)19-29-14-15-31-24-9-8-22(32(35)36)16-21(24)17-23(25(31)18-29)27(34)28-11-10-20-6-2-1-3-7-20/h1-3,6-9,16,23,25H,4-5,10-15,17-19H2,(H,28,34)/t23-,25-/m0/s1. The zero-order valence-corrected chi connectivity index (χ0v) is 20.5. The van der Waals surface area contributed by atoms with Gasteiger partial charge in [-0.05, 0) is 42.9 Å². The van der Waals surface area contributed by atoms with Crippen molar-refractivity contribution in [3.05, 3.63) is 69.8 Å². The van der Waals surface area contributed by atoms with Crippen molar-refractivity contribution in [3.8, 4) is 0 Å². The molecule has 2 amide bonds. The minimum Gasteiger partial charge on any atom is -0.365 e. The molecule has 2 saturated heterocycles. The number of nitrogens with zero attached hydrogens (tertiary/aromatic N) is 4. The van der Waals surface area contributed by atoms with Crippen LogP contribution in [0.4, 0.5) is 11.4 Å². The molecule has 9 heteroatoms. The number of fused-ring (bicyclic) bond motifs is 3. The lowest BCUT2D eigenvalue weighted by Gasteiger charge is -2.49. The summed E-state index contributed by atoms with van der Waals surface area (Å²) >= 11 is 0. The van der Waals surface area contributed by atoms with Gasteiger partial charge in [0.15, 0.2) is 0 Å². The molecule has 9 nitrogen and oxygen atoms in total. The van der Waals surface area contributed by atoms with Gasteiger partial charge in [0.05, 0.1) is 23.4 Å². The van der Waals surface area contributed by atoms with Gasteiger partial charge in [-0.15, -0.1) is 0 Å². The number of piperazine rings is 1. The molecule has 0 unspecified atom stereocenters. The Morgan fingerprint density at radius 1 is 1.03 bits per heavy atom. The Hall–Kier alpha value is -3.46. The molecule has 2 aromatic carbocycles. The van der Waals surface area contributed by atoms with Crippen LogP contribution < -0.4 is 10.2 Å². The number of likely N-dealkylation sites (tertiary alicyclic amines) is 1. The summed E-state index contributed by atoms with van der Waals surface area (Å²) in [6.07, 6.45) is 3.32. The number of carbonyl (C=O) groups excluding carboxylic acids is 2. The number of nitro groups is 1. The first-order chi connectivity index (χ1) is 17.5. The van der Waals surface area contributed by atoms with Crippen LogP contribution in [0.2, 0.25) is 0 Å². The number of rotatable bonds is 7. The number of hydrogen-bond donors (Lipinski definition) is 1. The van der Waals surface area contributed by atoms with E-state index in [4.69, 9.17) is 0 Å². The highest BCUT2D eigenvalue weighted by Crippen LogP contribution is 2.38. The summed E-state index contributed by atoms with van der Waals surface area (Å²) < 4.78 is 0.